The minimum atomic E-state index is -0.162. The van der Waals surface area contributed by atoms with Crippen molar-refractivity contribution in [1.82, 2.24) is 4.57 Å². The van der Waals surface area contributed by atoms with Crippen LogP contribution in [-0.2, 0) is 16.2 Å². The van der Waals surface area contributed by atoms with Gasteiger partial charge in [0, 0.05) is 49.6 Å². The molecule has 0 N–H and O–H groups in total. The van der Waals surface area contributed by atoms with Gasteiger partial charge in [-0.2, -0.15) is 0 Å². The van der Waals surface area contributed by atoms with Crippen molar-refractivity contribution in [2.75, 3.05) is 4.81 Å². The normalized spacial score (nSPS) is 14.1. The maximum absolute atomic E-state index is 7.17. The van der Waals surface area contributed by atoms with E-state index in [4.69, 9.17) is 8.83 Å². The number of fused-ring (bicyclic) bond motifs is 16. The van der Waals surface area contributed by atoms with Gasteiger partial charge < -0.3 is 18.2 Å². The first-order valence-electron chi connectivity index (χ1n) is 21.1. The van der Waals surface area contributed by atoms with E-state index in [2.05, 4.69) is 193 Å². The average molecular weight is 767 g/mol. The van der Waals surface area contributed by atoms with Crippen molar-refractivity contribution >= 4 is 94.8 Å². The summed E-state index contributed by atoms with van der Waals surface area (Å²) in [7, 11) is 0. The lowest BCUT2D eigenvalue weighted by Crippen LogP contribution is -2.60. The summed E-state index contributed by atoms with van der Waals surface area (Å²) in [5.74, 6) is 0. The van der Waals surface area contributed by atoms with Crippen LogP contribution in [-0.4, -0.2) is 11.4 Å². The predicted octanol–water partition coefficient (Wildman–Crippen LogP) is 13.7. The van der Waals surface area contributed by atoms with Crippen LogP contribution in [0, 0.1) is 0 Å². The summed E-state index contributed by atoms with van der Waals surface area (Å²) in [6, 6.07) is 45.5. The predicted molar refractivity (Wildman–Crippen MR) is 250 cm³/mol. The standard InChI is InChI=1S/C54H47BN2O2/c1-52(2,3)30-18-22-33(23-19-30)57-41-25-21-32(54(7,8)9)27-38(41)46-47-35-15-11-13-17-44(35)59-51(47)48-37-26-31(53(4,5)6)20-24-40(37)56-42-28-36-34-14-10-12-16-43(34)58-45(36)29-39(42)55(57)49(46)50(48)56/h10-29H,1-9H3. The number of benzene rings is 7. The molecule has 2 aliphatic rings. The third-order valence-corrected chi connectivity index (χ3v) is 13.4. The highest BCUT2D eigenvalue weighted by molar-refractivity contribution is 6.94. The molecule has 5 heterocycles. The summed E-state index contributed by atoms with van der Waals surface area (Å²) < 4.78 is 16.5. The third-order valence-electron chi connectivity index (χ3n) is 13.4. The molecule has 0 fully saturated rings. The van der Waals surface area contributed by atoms with E-state index in [0.717, 1.165) is 38.5 Å². The molecule has 0 radical (unpaired) electrons. The van der Waals surface area contributed by atoms with Crippen molar-refractivity contribution in [3.8, 4) is 16.8 Å². The number of hydrogen-bond donors (Lipinski definition) is 0. The summed E-state index contributed by atoms with van der Waals surface area (Å²) in [6.07, 6.45) is 0. The Morgan fingerprint density at radius 2 is 1.12 bits per heavy atom. The number of nitrogens with zero attached hydrogens (tertiary/aromatic N) is 2. The van der Waals surface area contributed by atoms with E-state index in [0.29, 0.717) is 0 Å². The Labute approximate surface area is 345 Å². The number of rotatable bonds is 1. The number of anilines is 2. The van der Waals surface area contributed by atoms with Gasteiger partial charge in [0.2, 0.25) is 0 Å². The van der Waals surface area contributed by atoms with Gasteiger partial charge in [-0.15, -0.1) is 0 Å². The molecule has 0 saturated carbocycles. The first-order chi connectivity index (χ1) is 28.2. The average Bonchev–Trinajstić information content (AvgIpc) is 3.88. The Balaban J connectivity index is 1.34. The maximum Gasteiger partial charge on any atom is 0.333 e. The minimum absolute atomic E-state index is 0.0316. The monoisotopic (exact) mass is 766 g/mol. The van der Waals surface area contributed by atoms with E-state index in [1.54, 1.807) is 0 Å². The zero-order valence-corrected chi connectivity index (χ0v) is 35.3. The summed E-state index contributed by atoms with van der Waals surface area (Å²) in [5.41, 5.74) is 18.5. The molecule has 0 atom stereocenters. The van der Waals surface area contributed by atoms with Gasteiger partial charge in [-0.05, 0) is 110 Å². The molecule has 288 valence electrons. The van der Waals surface area contributed by atoms with E-state index < -0.39 is 0 Å². The van der Waals surface area contributed by atoms with E-state index in [9.17, 15) is 0 Å². The summed E-state index contributed by atoms with van der Waals surface area (Å²) >= 11 is 0. The molecule has 10 aromatic rings. The highest BCUT2D eigenvalue weighted by Crippen LogP contribution is 2.52. The molecule has 2 aliphatic heterocycles. The second kappa shape index (κ2) is 11.3. The van der Waals surface area contributed by atoms with Gasteiger partial charge in [-0.3, -0.25) is 0 Å². The van der Waals surface area contributed by atoms with Crippen molar-refractivity contribution in [3.63, 3.8) is 0 Å². The molecule has 7 aromatic carbocycles. The maximum atomic E-state index is 7.17. The van der Waals surface area contributed by atoms with Gasteiger partial charge in [0.25, 0.3) is 0 Å². The Hall–Kier alpha value is -6.20. The number of furan rings is 2. The largest absolute Gasteiger partial charge is 0.456 e. The minimum Gasteiger partial charge on any atom is -0.456 e. The Kier molecular flexibility index (Phi) is 6.66. The fraction of sp³-hybridized carbons (Fsp3) is 0.222. The highest BCUT2D eigenvalue weighted by Gasteiger charge is 2.46. The van der Waals surface area contributed by atoms with Crippen molar-refractivity contribution in [2.45, 2.75) is 78.6 Å². The molecule has 0 amide bonds. The van der Waals surface area contributed by atoms with E-state index in [-0.39, 0.29) is 23.1 Å². The van der Waals surface area contributed by atoms with Crippen LogP contribution < -0.4 is 15.7 Å². The lowest BCUT2D eigenvalue weighted by Gasteiger charge is -2.42. The van der Waals surface area contributed by atoms with Gasteiger partial charge in [0.1, 0.15) is 22.3 Å². The van der Waals surface area contributed by atoms with Crippen LogP contribution in [0.4, 0.5) is 11.4 Å². The molecule has 4 nitrogen and oxygen atoms in total. The van der Waals surface area contributed by atoms with Crippen LogP contribution in [0.5, 0.6) is 0 Å². The molecule has 0 aliphatic carbocycles. The molecule has 0 spiro atoms. The Bertz CT molecular complexity index is 3450. The second-order valence-electron chi connectivity index (χ2n) is 20.2. The molecule has 5 heteroatoms. The fourth-order valence-corrected chi connectivity index (χ4v) is 10.3. The van der Waals surface area contributed by atoms with Gasteiger partial charge >= 0.3 is 6.85 Å². The summed E-state index contributed by atoms with van der Waals surface area (Å²) in [5, 5.41) is 7.00. The van der Waals surface area contributed by atoms with Crippen LogP contribution in [0.1, 0.15) is 79.0 Å². The van der Waals surface area contributed by atoms with Gasteiger partial charge in [-0.1, -0.05) is 123 Å². The summed E-state index contributed by atoms with van der Waals surface area (Å²) in [6.45, 7) is 20.6. The molecule has 59 heavy (non-hydrogen) atoms. The molecular formula is C54H47BN2O2. The quantitative estimate of drug-likeness (QED) is 0.156. The van der Waals surface area contributed by atoms with Gasteiger partial charge in [-0.25, -0.2) is 0 Å². The van der Waals surface area contributed by atoms with Crippen LogP contribution in [0.3, 0.4) is 0 Å². The first kappa shape index (κ1) is 34.8. The molecule has 0 unspecified atom stereocenters. The fourth-order valence-electron chi connectivity index (χ4n) is 10.3. The van der Waals surface area contributed by atoms with E-state index in [1.165, 1.54) is 83.0 Å². The van der Waals surface area contributed by atoms with Crippen LogP contribution in [0.15, 0.2) is 130 Å². The van der Waals surface area contributed by atoms with Crippen molar-refractivity contribution < 1.29 is 8.83 Å². The van der Waals surface area contributed by atoms with Gasteiger partial charge in [0.15, 0.2) is 0 Å². The van der Waals surface area contributed by atoms with E-state index >= 15 is 0 Å². The molecular weight excluding hydrogens is 719 g/mol. The highest BCUT2D eigenvalue weighted by atomic mass is 16.3. The van der Waals surface area contributed by atoms with Crippen LogP contribution in [0.2, 0.25) is 0 Å². The third kappa shape index (κ3) is 4.67. The number of aromatic nitrogens is 1. The SMILES string of the molecule is CC(C)(C)c1ccc(N2B3c4cc5oc6ccccc6c5cc4-n4c5ccc(C(C)(C)C)cc5c5c6oc7ccccc7c6c(c3c54)-c3cc(C(C)(C)C)ccc32)cc1. The zero-order chi connectivity index (χ0) is 40.5. The lowest BCUT2D eigenvalue weighted by molar-refractivity contribution is 0.590. The Morgan fingerprint density at radius 1 is 0.492 bits per heavy atom. The number of para-hydroxylation sites is 2. The van der Waals surface area contributed by atoms with Gasteiger partial charge in [0.05, 0.1) is 16.4 Å². The van der Waals surface area contributed by atoms with Crippen LogP contribution >= 0.6 is 0 Å². The van der Waals surface area contributed by atoms with Crippen molar-refractivity contribution in [3.05, 3.63) is 138 Å². The smallest absolute Gasteiger partial charge is 0.333 e. The lowest BCUT2D eigenvalue weighted by atomic mass is 9.43. The van der Waals surface area contributed by atoms with Crippen LogP contribution in [0.25, 0.3) is 82.5 Å². The topological polar surface area (TPSA) is 34.5 Å². The van der Waals surface area contributed by atoms with E-state index in [1.807, 2.05) is 0 Å². The molecule has 3 aromatic heterocycles. The van der Waals surface area contributed by atoms with Crippen molar-refractivity contribution in [2.24, 2.45) is 0 Å². The number of hydrogen-bond acceptors (Lipinski definition) is 3. The zero-order valence-electron chi connectivity index (χ0n) is 35.3. The second-order valence-corrected chi connectivity index (χ2v) is 20.2. The molecule has 0 saturated heterocycles. The summed E-state index contributed by atoms with van der Waals surface area (Å²) in [4.78, 5) is 2.62. The Morgan fingerprint density at radius 3 is 1.83 bits per heavy atom. The molecule has 0 bridgehead atoms. The molecule has 12 rings (SSSR count). The first-order valence-corrected chi connectivity index (χ1v) is 21.1. The van der Waals surface area contributed by atoms with Crippen molar-refractivity contribution in [1.29, 1.82) is 0 Å².